The van der Waals surface area contributed by atoms with Gasteiger partial charge in [-0.3, -0.25) is 4.90 Å². The number of hydrogen-bond donors (Lipinski definition) is 2. The first-order valence-electron chi connectivity index (χ1n) is 6.40. The van der Waals surface area contributed by atoms with Crippen molar-refractivity contribution in [1.29, 1.82) is 0 Å². The van der Waals surface area contributed by atoms with Crippen molar-refractivity contribution >= 4 is 28.2 Å². The Morgan fingerprint density at radius 2 is 2.16 bits per heavy atom. The molecule has 0 radical (unpaired) electrons. The molecule has 1 atom stereocenters. The van der Waals surface area contributed by atoms with Crippen LogP contribution >= 0.6 is 23.1 Å². The highest BCUT2D eigenvalue weighted by molar-refractivity contribution is 8.01. The van der Waals surface area contributed by atoms with E-state index < -0.39 is 0 Å². The predicted molar refractivity (Wildman–Crippen MR) is 80.3 cm³/mol. The molecule has 8 heteroatoms. The normalized spacial score (nSPS) is 18.5. The Labute approximate surface area is 122 Å². The summed E-state index contributed by atoms with van der Waals surface area (Å²) in [6.45, 7) is 4.82. The average Bonchev–Trinajstić information content (AvgIpc) is 2.86. The molecule has 19 heavy (non-hydrogen) atoms. The summed E-state index contributed by atoms with van der Waals surface area (Å²) in [6.07, 6.45) is -0.310. The zero-order chi connectivity index (χ0) is 13.7. The Balaban J connectivity index is 1.71. The fraction of sp³-hybridized carbons (Fsp3) is 0.818. The molecule has 0 saturated carbocycles. The van der Waals surface area contributed by atoms with Crippen LogP contribution in [-0.4, -0.2) is 78.9 Å². The van der Waals surface area contributed by atoms with Gasteiger partial charge in [0.15, 0.2) is 4.34 Å². The number of aromatic nitrogens is 2. The SMILES string of the molecule is CN(C)c1nnc(SCC(O)CN2CCNCC2)s1. The van der Waals surface area contributed by atoms with E-state index in [-0.39, 0.29) is 6.10 Å². The second kappa shape index (κ2) is 7.39. The third kappa shape index (κ3) is 4.88. The Hall–Kier alpha value is -0.410. The zero-order valence-electron chi connectivity index (χ0n) is 11.4. The lowest BCUT2D eigenvalue weighted by Crippen LogP contribution is -2.46. The third-order valence-corrected chi connectivity index (χ3v) is 5.23. The molecule has 0 aliphatic carbocycles. The number of β-amino-alcohol motifs (C(OH)–C–C–N with tert-alkyl or cyclic N) is 1. The van der Waals surface area contributed by atoms with E-state index in [0.717, 1.165) is 42.2 Å². The maximum Gasteiger partial charge on any atom is 0.208 e. The molecule has 1 aromatic heterocycles. The molecule has 2 heterocycles. The van der Waals surface area contributed by atoms with Crippen LogP contribution < -0.4 is 10.2 Å². The van der Waals surface area contributed by atoms with Crippen molar-refractivity contribution in [3.8, 4) is 0 Å². The Kier molecular flexibility index (Phi) is 5.83. The van der Waals surface area contributed by atoms with Crippen molar-refractivity contribution in [3.63, 3.8) is 0 Å². The van der Waals surface area contributed by atoms with Crippen LogP contribution in [0.15, 0.2) is 4.34 Å². The number of nitrogens with zero attached hydrogens (tertiary/aromatic N) is 4. The number of aliphatic hydroxyl groups excluding tert-OH is 1. The van der Waals surface area contributed by atoms with Crippen molar-refractivity contribution < 1.29 is 5.11 Å². The molecule has 1 aromatic rings. The molecule has 1 saturated heterocycles. The predicted octanol–water partition coefficient (Wildman–Crippen LogP) is -0.0377. The van der Waals surface area contributed by atoms with Crippen LogP contribution in [0.3, 0.4) is 0 Å². The Morgan fingerprint density at radius 3 is 2.79 bits per heavy atom. The van der Waals surface area contributed by atoms with Gasteiger partial charge in [0.25, 0.3) is 0 Å². The summed E-state index contributed by atoms with van der Waals surface area (Å²) in [5, 5.41) is 22.4. The van der Waals surface area contributed by atoms with Gasteiger partial charge in [0, 0.05) is 52.6 Å². The van der Waals surface area contributed by atoms with Crippen molar-refractivity contribution in [2.45, 2.75) is 10.4 Å². The smallest absolute Gasteiger partial charge is 0.208 e. The van der Waals surface area contributed by atoms with Gasteiger partial charge in [-0.05, 0) is 0 Å². The first-order valence-corrected chi connectivity index (χ1v) is 8.20. The fourth-order valence-corrected chi connectivity index (χ4v) is 3.56. The second-order valence-corrected chi connectivity index (χ2v) is 6.98. The van der Waals surface area contributed by atoms with Crippen molar-refractivity contribution in [1.82, 2.24) is 20.4 Å². The first-order chi connectivity index (χ1) is 9.15. The van der Waals surface area contributed by atoms with Gasteiger partial charge in [-0.1, -0.05) is 23.1 Å². The molecular formula is C11H21N5OS2. The molecule has 0 amide bonds. The number of hydrogen-bond acceptors (Lipinski definition) is 8. The summed E-state index contributed by atoms with van der Waals surface area (Å²) in [7, 11) is 3.91. The van der Waals surface area contributed by atoms with Crippen LogP contribution in [0.4, 0.5) is 5.13 Å². The van der Waals surface area contributed by atoms with Crippen LogP contribution in [0.2, 0.25) is 0 Å². The molecule has 0 aromatic carbocycles. The van der Waals surface area contributed by atoms with Crippen LogP contribution in [0, 0.1) is 0 Å². The highest BCUT2D eigenvalue weighted by atomic mass is 32.2. The maximum absolute atomic E-state index is 10.0. The van der Waals surface area contributed by atoms with Gasteiger partial charge in [-0.2, -0.15) is 0 Å². The van der Waals surface area contributed by atoms with Gasteiger partial charge in [-0.15, -0.1) is 10.2 Å². The van der Waals surface area contributed by atoms with E-state index in [1.165, 1.54) is 0 Å². The van der Waals surface area contributed by atoms with E-state index >= 15 is 0 Å². The summed E-state index contributed by atoms with van der Waals surface area (Å²) in [4.78, 5) is 4.24. The van der Waals surface area contributed by atoms with Gasteiger partial charge < -0.3 is 15.3 Å². The van der Waals surface area contributed by atoms with E-state index in [4.69, 9.17) is 0 Å². The lowest BCUT2D eigenvalue weighted by atomic mass is 10.3. The largest absolute Gasteiger partial charge is 0.391 e. The maximum atomic E-state index is 10.0. The lowest BCUT2D eigenvalue weighted by molar-refractivity contribution is 0.121. The van der Waals surface area contributed by atoms with Gasteiger partial charge in [0.05, 0.1) is 6.10 Å². The number of thioether (sulfide) groups is 1. The number of aliphatic hydroxyl groups is 1. The van der Waals surface area contributed by atoms with Crippen LogP contribution in [0.5, 0.6) is 0 Å². The topological polar surface area (TPSA) is 64.5 Å². The monoisotopic (exact) mass is 303 g/mol. The van der Waals surface area contributed by atoms with Crippen molar-refractivity contribution in [2.75, 3.05) is 57.5 Å². The summed E-state index contributed by atoms with van der Waals surface area (Å²) >= 11 is 3.14. The lowest BCUT2D eigenvalue weighted by Gasteiger charge is -2.28. The molecule has 0 spiro atoms. The second-order valence-electron chi connectivity index (χ2n) is 4.76. The molecule has 0 bridgehead atoms. The van der Waals surface area contributed by atoms with Crippen LogP contribution in [-0.2, 0) is 0 Å². The molecule has 2 N–H and O–H groups in total. The Bertz CT molecular complexity index is 381. The minimum absolute atomic E-state index is 0.310. The number of piperazine rings is 1. The van der Waals surface area contributed by atoms with E-state index in [0.29, 0.717) is 5.75 Å². The summed E-state index contributed by atoms with van der Waals surface area (Å²) in [6, 6.07) is 0. The molecule has 1 aliphatic heterocycles. The number of nitrogens with one attached hydrogen (secondary N) is 1. The van der Waals surface area contributed by atoms with Gasteiger partial charge >= 0.3 is 0 Å². The van der Waals surface area contributed by atoms with E-state index in [1.807, 2.05) is 19.0 Å². The molecule has 2 rings (SSSR count). The molecule has 108 valence electrons. The van der Waals surface area contributed by atoms with E-state index in [9.17, 15) is 5.11 Å². The quantitative estimate of drug-likeness (QED) is 0.715. The summed E-state index contributed by atoms with van der Waals surface area (Å²) < 4.78 is 0.920. The van der Waals surface area contributed by atoms with Crippen LogP contribution in [0.25, 0.3) is 0 Å². The minimum atomic E-state index is -0.310. The van der Waals surface area contributed by atoms with E-state index in [2.05, 4.69) is 20.4 Å². The van der Waals surface area contributed by atoms with Gasteiger partial charge in [0.2, 0.25) is 5.13 Å². The minimum Gasteiger partial charge on any atom is -0.391 e. The average molecular weight is 303 g/mol. The molecular weight excluding hydrogens is 282 g/mol. The van der Waals surface area contributed by atoms with Crippen LogP contribution in [0.1, 0.15) is 0 Å². The van der Waals surface area contributed by atoms with Gasteiger partial charge in [-0.25, -0.2) is 0 Å². The Morgan fingerprint density at radius 1 is 1.42 bits per heavy atom. The first kappa shape index (κ1) is 15.0. The molecule has 1 aliphatic rings. The molecule has 1 fully saturated rings. The molecule has 6 nitrogen and oxygen atoms in total. The zero-order valence-corrected chi connectivity index (χ0v) is 13.0. The highest BCUT2D eigenvalue weighted by Crippen LogP contribution is 2.27. The fourth-order valence-electron chi connectivity index (χ4n) is 1.85. The summed E-state index contributed by atoms with van der Waals surface area (Å²) in [5.41, 5.74) is 0. The van der Waals surface area contributed by atoms with E-state index in [1.54, 1.807) is 23.1 Å². The summed E-state index contributed by atoms with van der Waals surface area (Å²) in [5.74, 6) is 0.673. The van der Waals surface area contributed by atoms with Gasteiger partial charge in [0.1, 0.15) is 0 Å². The third-order valence-electron chi connectivity index (χ3n) is 2.86. The van der Waals surface area contributed by atoms with Crippen molar-refractivity contribution in [2.24, 2.45) is 0 Å². The van der Waals surface area contributed by atoms with Crippen molar-refractivity contribution in [3.05, 3.63) is 0 Å². The standard InChI is InChI=1S/C11H21N5OS2/c1-15(2)10-13-14-11(19-10)18-8-9(17)7-16-5-3-12-4-6-16/h9,12,17H,3-8H2,1-2H3. The molecule has 1 unspecified atom stereocenters. The number of rotatable bonds is 6. The highest BCUT2D eigenvalue weighted by Gasteiger charge is 2.15. The number of anilines is 1.